The second-order valence-electron chi connectivity index (χ2n) is 6.72. The Hall–Kier alpha value is -2.51. The Kier molecular flexibility index (Phi) is 6.51. The van der Waals surface area contributed by atoms with Crippen LogP contribution in [0.25, 0.3) is 11.4 Å². The predicted octanol–water partition coefficient (Wildman–Crippen LogP) is 5.02. The monoisotopic (exact) mass is 347 g/mol. The normalized spacial score (nSPS) is 20.2. The van der Waals surface area contributed by atoms with Gasteiger partial charge < -0.3 is 4.74 Å². The lowest BCUT2D eigenvalue weighted by atomic mass is 9.84. The molecule has 0 atom stereocenters. The Morgan fingerprint density at radius 3 is 2.38 bits per heavy atom. The van der Waals surface area contributed by atoms with Gasteiger partial charge in [-0.1, -0.05) is 19.1 Å². The van der Waals surface area contributed by atoms with Crippen LogP contribution < -0.4 is 0 Å². The van der Waals surface area contributed by atoms with Crippen LogP contribution in [-0.2, 0) is 4.74 Å². The van der Waals surface area contributed by atoms with E-state index in [1.54, 1.807) is 12.1 Å². The van der Waals surface area contributed by atoms with E-state index >= 15 is 0 Å². The lowest BCUT2D eigenvalue weighted by Gasteiger charge is -2.28. The molecule has 0 radical (unpaired) electrons. The Balaban J connectivity index is 1.54. The highest BCUT2D eigenvalue weighted by atomic mass is 16.5. The van der Waals surface area contributed by atoms with Crippen molar-refractivity contribution in [2.24, 2.45) is 0 Å². The fourth-order valence-corrected chi connectivity index (χ4v) is 3.38. The second kappa shape index (κ2) is 9.26. The maximum Gasteiger partial charge on any atom is 0.159 e. The molecule has 4 nitrogen and oxygen atoms in total. The summed E-state index contributed by atoms with van der Waals surface area (Å²) in [5.41, 5.74) is 2.80. The lowest BCUT2D eigenvalue weighted by Crippen LogP contribution is -2.21. The molecule has 26 heavy (non-hydrogen) atoms. The summed E-state index contributed by atoms with van der Waals surface area (Å²) < 4.78 is 5.92. The van der Waals surface area contributed by atoms with Crippen molar-refractivity contribution >= 4 is 0 Å². The molecule has 0 spiro atoms. The zero-order valence-electron chi connectivity index (χ0n) is 15.3. The number of ether oxygens (including phenoxy) is 1. The smallest absolute Gasteiger partial charge is 0.159 e. The van der Waals surface area contributed by atoms with E-state index in [1.807, 2.05) is 24.5 Å². The summed E-state index contributed by atoms with van der Waals surface area (Å²) in [6.45, 7) is 2.86. The summed E-state index contributed by atoms with van der Waals surface area (Å²) in [7, 11) is 0. The zero-order valence-corrected chi connectivity index (χ0v) is 15.3. The number of allylic oxidation sites excluding steroid dienone is 1. The molecule has 0 bridgehead atoms. The molecular formula is C22H25N3O. The number of hydrogen-bond donors (Lipinski definition) is 0. The highest BCUT2D eigenvalue weighted by Gasteiger charge is 2.23. The van der Waals surface area contributed by atoms with Crippen molar-refractivity contribution < 1.29 is 4.74 Å². The van der Waals surface area contributed by atoms with Crippen LogP contribution in [0.1, 0.15) is 56.1 Å². The topological polar surface area (TPSA) is 58.8 Å². The number of nitrogens with zero attached hydrogens (tertiary/aromatic N) is 3. The van der Waals surface area contributed by atoms with Crippen LogP contribution in [0.5, 0.6) is 0 Å². The molecular weight excluding hydrogens is 322 g/mol. The van der Waals surface area contributed by atoms with Gasteiger partial charge in [-0.15, -0.1) is 0 Å². The molecule has 134 valence electrons. The summed E-state index contributed by atoms with van der Waals surface area (Å²) in [6, 6.07) is 9.50. The van der Waals surface area contributed by atoms with Crippen molar-refractivity contribution in [1.82, 2.24) is 9.97 Å². The maximum atomic E-state index is 8.88. The molecule has 1 fully saturated rings. The van der Waals surface area contributed by atoms with E-state index in [0.29, 0.717) is 23.4 Å². The van der Waals surface area contributed by atoms with Crippen LogP contribution in [0.3, 0.4) is 0 Å². The Morgan fingerprint density at radius 2 is 1.77 bits per heavy atom. The fraction of sp³-hybridized carbons (Fsp3) is 0.409. The molecule has 1 heterocycles. The zero-order chi connectivity index (χ0) is 18.2. The van der Waals surface area contributed by atoms with E-state index in [-0.39, 0.29) is 0 Å². The number of benzene rings is 1. The summed E-state index contributed by atoms with van der Waals surface area (Å²) in [5, 5.41) is 8.88. The standard InChI is InChI=1S/C22H25N3O/c1-2-3-4-13-26-21-11-9-18(10-12-21)20-15-24-22(25-16-20)19-7-5-17(14-23)6-8-19/h3-8,15-16,18,21H,2,9-13H2,1H3/t18-,21-. The van der Waals surface area contributed by atoms with Gasteiger partial charge in [-0.2, -0.15) is 5.26 Å². The molecule has 0 amide bonds. The quantitative estimate of drug-likeness (QED) is 0.688. The number of aromatic nitrogens is 2. The molecule has 2 aromatic rings. The molecule has 1 aliphatic carbocycles. The molecule has 0 saturated heterocycles. The summed E-state index contributed by atoms with van der Waals surface area (Å²) in [4.78, 5) is 9.07. The molecule has 1 saturated carbocycles. The van der Waals surface area contributed by atoms with Crippen molar-refractivity contribution in [2.45, 2.75) is 51.0 Å². The summed E-state index contributed by atoms with van der Waals surface area (Å²) in [5.74, 6) is 1.23. The minimum Gasteiger partial charge on any atom is -0.374 e. The van der Waals surface area contributed by atoms with Crippen LogP contribution in [0, 0.1) is 11.3 Å². The van der Waals surface area contributed by atoms with Gasteiger partial charge in [-0.05, 0) is 67.9 Å². The van der Waals surface area contributed by atoms with Crippen molar-refractivity contribution in [3.63, 3.8) is 0 Å². The predicted molar refractivity (Wildman–Crippen MR) is 103 cm³/mol. The van der Waals surface area contributed by atoms with E-state index < -0.39 is 0 Å². The third-order valence-electron chi connectivity index (χ3n) is 4.92. The van der Waals surface area contributed by atoms with Crippen molar-refractivity contribution in [3.05, 3.63) is 59.9 Å². The lowest BCUT2D eigenvalue weighted by molar-refractivity contribution is 0.0421. The van der Waals surface area contributed by atoms with Crippen LogP contribution in [0.4, 0.5) is 0 Å². The first-order valence-electron chi connectivity index (χ1n) is 9.39. The average molecular weight is 347 g/mol. The van der Waals surface area contributed by atoms with Gasteiger partial charge in [0, 0.05) is 18.0 Å². The Morgan fingerprint density at radius 1 is 1.08 bits per heavy atom. The van der Waals surface area contributed by atoms with Gasteiger partial charge in [0.05, 0.1) is 24.3 Å². The van der Waals surface area contributed by atoms with Crippen LogP contribution >= 0.6 is 0 Å². The highest BCUT2D eigenvalue weighted by molar-refractivity contribution is 5.56. The third-order valence-corrected chi connectivity index (χ3v) is 4.92. The van der Waals surface area contributed by atoms with Crippen molar-refractivity contribution in [1.29, 1.82) is 5.26 Å². The molecule has 1 aliphatic rings. The molecule has 0 N–H and O–H groups in total. The minimum absolute atomic E-state index is 0.381. The van der Waals surface area contributed by atoms with E-state index in [0.717, 1.165) is 44.3 Å². The van der Waals surface area contributed by atoms with E-state index in [2.05, 4.69) is 35.1 Å². The third kappa shape index (κ3) is 4.77. The number of rotatable bonds is 6. The molecule has 0 aliphatic heterocycles. The van der Waals surface area contributed by atoms with Gasteiger partial charge >= 0.3 is 0 Å². The molecule has 0 unspecified atom stereocenters. The highest BCUT2D eigenvalue weighted by Crippen LogP contribution is 2.33. The number of hydrogen-bond acceptors (Lipinski definition) is 4. The first-order valence-corrected chi connectivity index (χ1v) is 9.39. The van der Waals surface area contributed by atoms with E-state index in [4.69, 9.17) is 10.00 Å². The maximum absolute atomic E-state index is 8.88. The average Bonchev–Trinajstić information content (AvgIpc) is 2.72. The summed E-state index contributed by atoms with van der Waals surface area (Å²) in [6.07, 6.45) is 14.1. The van der Waals surface area contributed by atoms with Gasteiger partial charge in [-0.25, -0.2) is 9.97 Å². The molecule has 4 heteroatoms. The SMILES string of the molecule is CCC=CCO[C@H]1CC[C@H](c2cnc(-c3ccc(C#N)cc3)nc2)CC1. The largest absolute Gasteiger partial charge is 0.374 e. The van der Waals surface area contributed by atoms with E-state index in [1.165, 1.54) is 5.56 Å². The molecule has 3 rings (SSSR count). The van der Waals surface area contributed by atoms with Gasteiger partial charge in [0.25, 0.3) is 0 Å². The van der Waals surface area contributed by atoms with Crippen LogP contribution in [0.15, 0.2) is 48.8 Å². The Bertz CT molecular complexity index is 751. The van der Waals surface area contributed by atoms with Gasteiger partial charge in [0.1, 0.15) is 0 Å². The van der Waals surface area contributed by atoms with Crippen LogP contribution in [0.2, 0.25) is 0 Å². The van der Waals surface area contributed by atoms with Crippen molar-refractivity contribution in [3.8, 4) is 17.5 Å². The number of nitriles is 1. The fourth-order valence-electron chi connectivity index (χ4n) is 3.38. The molecule has 1 aromatic carbocycles. The van der Waals surface area contributed by atoms with Gasteiger partial charge in [0.15, 0.2) is 5.82 Å². The summed E-state index contributed by atoms with van der Waals surface area (Å²) >= 11 is 0. The first kappa shape index (κ1) is 18.3. The second-order valence-corrected chi connectivity index (χ2v) is 6.72. The van der Waals surface area contributed by atoms with Crippen molar-refractivity contribution in [2.75, 3.05) is 6.61 Å². The van der Waals surface area contributed by atoms with Gasteiger partial charge in [0.2, 0.25) is 0 Å². The minimum atomic E-state index is 0.381. The van der Waals surface area contributed by atoms with Gasteiger partial charge in [-0.3, -0.25) is 0 Å². The first-order chi connectivity index (χ1) is 12.8. The Labute approximate surface area is 155 Å². The van der Waals surface area contributed by atoms with E-state index in [9.17, 15) is 0 Å². The molecule has 1 aromatic heterocycles. The van der Waals surface area contributed by atoms with Crippen LogP contribution in [-0.4, -0.2) is 22.7 Å².